The number of aromatic amines is 1. The fraction of sp³-hybridized carbons (Fsp3) is 0.714. The maximum atomic E-state index is 11.6. The number of nitrogens with one attached hydrogen (secondary N) is 1. The van der Waals surface area contributed by atoms with E-state index in [0.29, 0.717) is 0 Å². The molecule has 0 radical (unpaired) electrons. The molecule has 1 aromatic rings. The zero-order chi connectivity index (χ0) is 15.7. The fourth-order valence-corrected chi connectivity index (χ4v) is 2.15. The van der Waals surface area contributed by atoms with Gasteiger partial charge >= 0.3 is 5.69 Å². The highest BCUT2D eigenvalue weighted by Crippen LogP contribution is 2.33. The van der Waals surface area contributed by atoms with Crippen molar-refractivity contribution in [2.24, 2.45) is 11.7 Å². The number of hydrogen-bond acceptors (Lipinski definition) is 4. The third kappa shape index (κ3) is 4.61. The minimum atomic E-state index is -0.402. The molecule has 1 fully saturated rings. The molecule has 0 bridgehead atoms. The Morgan fingerprint density at radius 1 is 1.40 bits per heavy atom. The Balaban J connectivity index is 0.000000829. The van der Waals surface area contributed by atoms with E-state index >= 15 is 0 Å². The Kier molecular flexibility index (Phi) is 8.83. The van der Waals surface area contributed by atoms with Gasteiger partial charge in [-0.1, -0.05) is 27.7 Å². The van der Waals surface area contributed by atoms with E-state index in [1.165, 1.54) is 23.9 Å². The van der Waals surface area contributed by atoms with Gasteiger partial charge in [-0.3, -0.25) is 14.3 Å². The van der Waals surface area contributed by atoms with Gasteiger partial charge in [0.1, 0.15) is 6.23 Å². The highest BCUT2D eigenvalue weighted by Gasteiger charge is 2.32. The average molecular weight is 285 g/mol. The summed E-state index contributed by atoms with van der Waals surface area (Å²) >= 11 is 0. The maximum absolute atomic E-state index is 11.6. The van der Waals surface area contributed by atoms with Gasteiger partial charge in [-0.05, 0) is 19.9 Å². The molecule has 6 heteroatoms. The summed E-state index contributed by atoms with van der Waals surface area (Å²) in [5, 5.41) is 0. The molecule has 1 aromatic heterocycles. The van der Waals surface area contributed by atoms with Gasteiger partial charge < -0.3 is 10.5 Å². The topological polar surface area (TPSA) is 90.1 Å². The lowest BCUT2D eigenvalue weighted by molar-refractivity contribution is -0.0142. The third-order valence-corrected chi connectivity index (χ3v) is 3.03. The van der Waals surface area contributed by atoms with Gasteiger partial charge in [0.15, 0.2) is 0 Å². The summed E-state index contributed by atoms with van der Waals surface area (Å²) < 4.78 is 7.23. The van der Waals surface area contributed by atoms with Gasteiger partial charge in [-0.2, -0.15) is 0 Å². The molecular weight excluding hydrogens is 258 g/mol. The van der Waals surface area contributed by atoms with Gasteiger partial charge in [0.25, 0.3) is 5.56 Å². The van der Waals surface area contributed by atoms with Crippen molar-refractivity contribution in [2.45, 2.75) is 52.9 Å². The number of ether oxygens (including phenoxy) is 1. The van der Waals surface area contributed by atoms with Crippen molar-refractivity contribution in [1.82, 2.24) is 9.55 Å². The second-order valence-corrected chi connectivity index (χ2v) is 4.29. The van der Waals surface area contributed by atoms with Crippen molar-refractivity contribution in [3.05, 3.63) is 33.1 Å². The summed E-state index contributed by atoms with van der Waals surface area (Å²) in [5.74, 6) is 0.286. The van der Waals surface area contributed by atoms with E-state index in [-0.39, 0.29) is 23.8 Å². The Morgan fingerprint density at radius 3 is 2.45 bits per heavy atom. The molecule has 3 unspecified atom stereocenters. The van der Waals surface area contributed by atoms with E-state index in [2.05, 4.69) is 24.6 Å². The van der Waals surface area contributed by atoms with Crippen LogP contribution in [0.1, 0.15) is 46.8 Å². The fourth-order valence-electron chi connectivity index (χ4n) is 2.15. The van der Waals surface area contributed by atoms with Crippen molar-refractivity contribution in [3.8, 4) is 0 Å². The first-order chi connectivity index (χ1) is 9.61. The minimum absolute atomic E-state index is 0.207. The number of rotatable bonds is 2. The summed E-state index contributed by atoms with van der Waals surface area (Å²) in [7, 11) is 1.50. The molecule has 0 saturated carbocycles. The van der Waals surface area contributed by atoms with E-state index in [4.69, 9.17) is 4.74 Å². The molecule has 2 heterocycles. The highest BCUT2D eigenvalue weighted by atomic mass is 16.5. The van der Waals surface area contributed by atoms with Crippen LogP contribution in [0.15, 0.2) is 21.9 Å². The van der Waals surface area contributed by atoms with Crippen LogP contribution in [0.3, 0.4) is 0 Å². The lowest BCUT2D eigenvalue weighted by Crippen LogP contribution is -2.33. The van der Waals surface area contributed by atoms with Crippen LogP contribution in [0.4, 0.5) is 0 Å². The van der Waals surface area contributed by atoms with Crippen LogP contribution < -0.4 is 17.0 Å². The summed E-state index contributed by atoms with van der Waals surface area (Å²) in [4.78, 5) is 24.8. The number of hydrogen-bond donors (Lipinski definition) is 2. The first-order valence-electron chi connectivity index (χ1n) is 7.16. The SMILES string of the molecule is CC.CCC1CC(C)C(n2ccc(=O)[nH]c2=O)O1.CN. The van der Waals surface area contributed by atoms with Crippen LogP contribution in [0.2, 0.25) is 0 Å². The normalized spacial score (nSPS) is 24.2. The van der Waals surface area contributed by atoms with E-state index in [1.54, 1.807) is 0 Å². The lowest BCUT2D eigenvalue weighted by Gasteiger charge is -2.17. The smallest absolute Gasteiger partial charge is 0.330 e. The van der Waals surface area contributed by atoms with E-state index in [1.807, 2.05) is 13.8 Å². The molecule has 116 valence electrons. The summed E-state index contributed by atoms with van der Waals surface area (Å²) in [6, 6.07) is 1.34. The van der Waals surface area contributed by atoms with Gasteiger partial charge in [0, 0.05) is 18.2 Å². The average Bonchev–Trinajstić information content (AvgIpc) is 2.84. The maximum Gasteiger partial charge on any atom is 0.330 e. The van der Waals surface area contributed by atoms with Gasteiger partial charge in [-0.15, -0.1) is 0 Å². The largest absolute Gasteiger partial charge is 0.354 e. The van der Waals surface area contributed by atoms with Crippen LogP contribution in [0.5, 0.6) is 0 Å². The third-order valence-electron chi connectivity index (χ3n) is 3.03. The molecule has 3 N–H and O–H groups in total. The van der Waals surface area contributed by atoms with Crippen molar-refractivity contribution in [2.75, 3.05) is 7.05 Å². The second kappa shape index (κ2) is 9.50. The van der Waals surface area contributed by atoms with E-state index in [9.17, 15) is 9.59 Å². The molecular formula is C14H27N3O3. The summed E-state index contributed by atoms with van der Waals surface area (Å²) in [6.07, 6.45) is 3.35. The van der Waals surface area contributed by atoms with Gasteiger partial charge in [-0.25, -0.2) is 4.79 Å². The number of nitrogens with two attached hydrogens (primary N) is 1. The Morgan fingerprint density at radius 2 is 2.00 bits per heavy atom. The Labute approximate surface area is 120 Å². The first-order valence-corrected chi connectivity index (χ1v) is 7.16. The van der Waals surface area contributed by atoms with Crippen LogP contribution in [-0.4, -0.2) is 22.7 Å². The molecule has 2 rings (SSSR count). The minimum Gasteiger partial charge on any atom is -0.354 e. The second-order valence-electron chi connectivity index (χ2n) is 4.29. The zero-order valence-corrected chi connectivity index (χ0v) is 13.1. The standard InChI is InChI=1S/C11H16N2O3.C2H6.CH5N/c1-3-8-6-7(2)10(16-8)13-5-4-9(14)12-11(13)15;2*1-2/h4-5,7-8,10H,3,6H2,1-2H3,(H,12,14,15);1-2H3;2H2,1H3. The molecule has 1 aliphatic heterocycles. The highest BCUT2D eigenvalue weighted by molar-refractivity contribution is 4.87. The predicted molar refractivity (Wildman–Crippen MR) is 80.8 cm³/mol. The van der Waals surface area contributed by atoms with Crippen LogP contribution in [0.25, 0.3) is 0 Å². The molecule has 1 saturated heterocycles. The van der Waals surface area contributed by atoms with E-state index in [0.717, 1.165) is 12.8 Å². The molecule has 0 spiro atoms. The number of H-pyrrole nitrogens is 1. The lowest BCUT2D eigenvalue weighted by atomic mass is 10.0. The molecule has 3 atom stereocenters. The van der Waals surface area contributed by atoms with E-state index < -0.39 is 5.69 Å². The molecule has 1 aliphatic rings. The molecule has 6 nitrogen and oxygen atoms in total. The summed E-state index contributed by atoms with van der Waals surface area (Å²) in [5.41, 5.74) is 3.72. The zero-order valence-electron chi connectivity index (χ0n) is 13.1. The Hall–Kier alpha value is -1.40. The van der Waals surface area contributed by atoms with Crippen molar-refractivity contribution >= 4 is 0 Å². The van der Waals surface area contributed by atoms with Crippen molar-refractivity contribution < 1.29 is 4.74 Å². The van der Waals surface area contributed by atoms with Crippen LogP contribution >= 0.6 is 0 Å². The first kappa shape index (κ1) is 18.6. The van der Waals surface area contributed by atoms with Crippen LogP contribution in [-0.2, 0) is 4.74 Å². The van der Waals surface area contributed by atoms with Crippen LogP contribution in [0, 0.1) is 5.92 Å². The van der Waals surface area contributed by atoms with Crippen molar-refractivity contribution in [3.63, 3.8) is 0 Å². The molecule has 20 heavy (non-hydrogen) atoms. The summed E-state index contributed by atoms with van der Waals surface area (Å²) in [6.45, 7) is 8.12. The molecule has 0 amide bonds. The quantitative estimate of drug-likeness (QED) is 0.861. The Bertz CT molecular complexity index is 481. The molecule has 0 aromatic carbocycles. The van der Waals surface area contributed by atoms with Gasteiger partial charge in [0.2, 0.25) is 0 Å². The number of aromatic nitrogens is 2. The molecule has 0 aliphatic carbocycles. The predicted octanol–water partition coefficient (Wildman–Crippen LogP) is 1.47. The van der Waals surface area contributed by atoms with Crippen molar-refractivity contribution in [1.29, 1.82) is 0 Å². The van der Waals surface area contributed by atoms with Gasteiger partial charge in [0.05, 0.1) is 6.10 Å². The number of nitrogens with zero attached hydrogens (tertiary/aromatic N) is 1. The monoisotopic (exact) mass is 285 g/mol.